The Balaban J connectivity index is 0.00000162. The number of hydrogen-bond acceptors (Lipinski definition) is 4. The van der Waals surface area contributed by atoms with E-state index < -0.39 is 0 Å². The molecule has 0 aliphatic carbocycles. The zero-order valence-electron chi connectivity index (χ0n) is 11.7. The van der Waals surface area contributed by atoms with Gasteiger partial charge in [-0.1, -0.05) is 13.8 Å². The number of guanidine groups is 1. The lowest BCUT2D eigenvalue weighted by Gasteiger charge is -2.31. The second kappa shape index (κ2) is 7.53. The summed E-state index contributed by atoms with van der Waals surface area (Å²) < 4.78 is 0. The first-order valence-corrected chi connectivity index (χ1v) is 6.90. The van der Waals surface area contributed by atoms with Crippen molar-refractivity contribution in [1.29, 1.82) is 0 Å². The van der Waals surface area contributed by atoms with E-state index in [0.29, 0.717) is 5.41 Å². The first-order chi connectivity index (χ1) is 8.16. The van der Waals surface area contributed by atoms with Crippen LogP contribution in [0.3, 0.4) is 0 Å². The monoisotopic (exact) mass is 366 g/mol. The Hall–Kier alpha value is -0.0400. The number of nitrogens with zero attached hydrogens (tertiary/aromatic N) is 2. The molecule has 0 unspecified atom stereocenters. The molecule has 106 valence electrons. The summed E-state index contributed by atoms with van der Waals surface area (Å²) in [7, 11) is 0. The van der Waals surface area contributed by atoms with Crippen LogP contribution in [0.25, 0.3) is 0 Å². The van der Waals surface area contributed by atoms with Gasteiger partial charge < -0.3 is 15.5 Å². The fraction of sp³-hybridized carbons (Fsp3) is 0.923. The first kappa shape index (κ1) is 16.0. The number of likely N-dealkylation sites (tertiary alicyclic amines) is 1. The molecule has 5 heteroatoms. The van der Waals surface area contributed by atoms with Gasteiger partial charge >= 0.3 is 0 Å². The lowest BCUT2D eigenvalue weighted by atomic mass is 9.93. The van der Waals surface area contributed by atoms with Gasteiger partial charge in [-0.2, -0.15) is 0 Å². The van der Waals surface area contributed by atoms with E-state index in [1.165, 1.54) is 32.5 Å². The molecule has 2 rings (SSSR count). The van der Waals surface area contributed by atoms with Crippen molar-refractivity contribution >= 4 is 29.9 Å². The first-order valence-electron chi connectivity index (χ1n) is 6.90. The van der Waals surface area contributed by atoms with Crippen LogP contribution in [0.5, 0.6) is 0 Å². The summed E-state index contributed by atoms with van der Waals surface area (Å²) in [6.45, 7) is 11.4. The molecule has 2 aliphatic rings. The molecule has 0 atom stereocenters. The number of hydrogen-bond donors (Lipinski definition) is 2. The Morgan fingerprint density at radius 1 is 1.28 bits per heavy atom. The van der Waals surface area contributed by atoms with E-state index in [1.807, 2.05) is 0 Å². The molecule has 0 saturated carbocycles. The Morgan fingerprint density at radius 2 is 2.00 bits per heavy atom. The summed E-state index contributed by atoms with van der Waals surface area (Å²) in [4.78, 5) is 7.03. The van der Waals surface area contributed by atoms with Crippen LogP contribution in [0.1, 0.15) is 33.1 Å². The Kier molecular flexibility index (Phi) is 6.70. The Labute approximate surface area is 128 Å². The molecule has 4 nitrogen and oxygen atoms in total. The fourth-order valence-corrected chi connectivity index (χ4v) is 2.58. The number of nitrogens with one attached hydrogen (secondary N) is 2. The zero-order valence-corrected chi connectivity index (χ0v) is 14.0. The molecule has 0 aromatic rings. The summed E-state index contributed by atoms with van der Waals surface area (Å²) in [5.74, 6) is 0.991. The van der Waals surface area contributed by atoms with Gasteiger partial charge in [0.15, 0.2) is 5.96 Å². The van der Waals surface area contributed by atoms with E-state index in [-0.39, 0.29) is 24.0 Å². The molecule has 18 heavy (non-hydrogen) atoms. The summed E-state index contributed by atoms with van der Waals surface area (Å²) >= 11 is 0. The topological polar surface area (TPSA) is 39.7 Å². The van der Waals surface area contributed by atoms with Crippen LogP contribution in [0, 0.1) is 5.41 Å². The lowest BCUT2D eigenvalue weighted by molar-refractivity contribution is 0.210. The molecule has 1 fully saturated rings. The molecule has 0 spiro atoms. The van der Waals surface area contributed by atoms with E-state index in [9.17, 15) is 0 Å². The average Bonchev–Trinajstić information content (AvgIpc) is 2.80. The van der Waals surface area contributed by atoms with Crippen molar-refractivity contribution in [2.45, 2.75) is 33.1 Å². The largest absolute Gasteiger partial charge is 0.356 e. The van der Waals surface area contributed by atoms with Gasteiger partial charge in [-0.15, -0.1) is 24.0 Å². The van der Waals surface area contributed by atoms with Gasteiger partial charge in [0.05, 0.1) is 0 Å². The van der Waals surface area contributed by atoms with Gasteiger partial charge in [0.1, 0.15) is 0 Å². The molecule has 2 aliphatic heterocycles. The van der Waals surface area contributed by atoms with E-state index in [2.05, 4.69) is 34.4 Å². The molecule has 0 amide bonds. The third-order valence-corrected chi connectivity index (χ3v) is 3.48. The van der Waals surface area contributed by atoms with Crippen LogP contribution in [-0.2, 0) is 0 Å². The Morgan fingerprint density at radius 3 is 2.61 bits per heavy atom. The van der Waals surface area contributed by atoms with Crippen molar-refractivity contribution in [3.05, 3.63) is 0 Å². The molecule has 0 radical (unpaired) electrons. The second-order valence-corrected chi connectivity index (χ2v) is 6.01. The van der Waals surface area contributed by atoms with Crippen LogP contribution in [-0.4, -0.2) is 50.1 Å². The van der Waals surface area contributed by atoms with Gasteiger partial charge in [0.2, 0.25) is 0 Å². The molecule has 1 saturated heterocycles. The SMILES string of the molecule is CC(C)(CNC1=NCCCN1)CN1CCCC1.I. The summed E-state index contributed by atoms with van der Waals surface area (Å²) in [5, 5.41) is 6.76. The molecule has 0 aromatic heterocycles. The molecule has 2 N–H and O–H groups in total. The highest BCUT2D eigenvalue weighted by Gasteiger charge is 2.24. The minimum absolute atomic E-state index is 0. The standard InChI is InChI=1S/C13H26N4.HI/c1-13(2,11-17-8-3-4-9-17)10-16-12-14-6-5-7-15-12;/h3-11H2,1-2H3,(H2,14,15,16);1H. The molecule has 0 aromatic carbocycles. The minimum atomic E-state index is 0. The molecule has 2 heterocycles. The van der Waals surface area contributed by atoms with Crippen molar-refractivity contribution in [3.8, 4) is 0 Å². The summed E-state index contributed by atoms with van der Waals surface area (Å²) in [6.07, 6.45) is 3.90. The molecule has 0 bridgehead atoms. The van der Waals surface area contributed by atoms with Gasteiger partial charge in [0.25, 0.3) is 0 Å². The van der Waals surface area contributed by atoms with Crippen molar-refractivity contribution < 1.29 is 0 Å². The molecular formula is C13H27IN4. The predicted molar refractivity (Wildman–Crippen MR) is 87.8 cm³/mol. The van der Waals surface area contributed by atoms with Crippen molar-refractivity contribution in [2.75, 3.05) is 39.3 Å². The highest BCUT2D eigenvalue weighted by molar-refractivity contribution is 14.0. The van der Waals surface area contributed by atoms with Gasteiger partial charge in [-0.25, -0.2) is 0 Å². The normalized spacial score (nSPS) is 20.9. The van der Waals surface area contributed by atoms with Crippen LogP contribution in [0.4, 0.5) is 0 Å². The van der Waals surface area contributed by atoms with Crippen LogP contribution in [0.2, 0.25) is 0 Å². The Bertz CT molecular complexity index is 272. The number of rotatable bonds is 4. The average molecular weight is 366 g/mol. The maximum Gasteiger partial charge on any atom is 0.191 e. The van der Waals surface area contributed by atoms with Gasteiger partial charge in [-0.05, 0) is 37.8 Å². The van der Waals surface area contributed by atoms with Gasteiger partial charge in [-0.3, -0.25) is 4.99 Å². The quantitative estimate of drug-likeness (QED) is 0.744. The second-order valence-electron chi connectivity index (χ2n) is 6.01. The zero-order chi connectivity index (χ0) is 12.1. The maximum atomic E-state index is 4.45. The third kappa shape index (κ3) is 5.30. The lowest BCUT2D eigenvalue weighted by Crippen LogP contribution is -2.47. The van der Waals surface area contributed by atoms with E-state index in [0.717, 1.165) is 32.0 Å². The third-order valence-electron chi connectivity index (χ3n) is 3.48. The molecular weight excluding hydrogens is 339 g/mol. The summed E-state index contributed by atoms with van der Waals surface area (Å²) in [6, 6.07) is 0. The van der Waals surface area contributed by atoms with Crippen molar-refractivity contribution in [3.63, 3.8) is 0 Å². The van der Waals surface area contributed by atoms with Crippen LogP contribution in [0.15, 0.2) is 4.99 Å². The smallest absolute Gasteiger partial charge is 0.191 e. The number of halogens is 1. The minimum Gasteiger partial charge on any atom is -0.356 e. The maximum absolute atomic E-state index is 4.45. The van der Waals surface area contributed by atoms with Crippen molar-refractivity contribution in [2.24, 2.45) is 10.4 Å². The van der Waals surface area contributed by atoms with Crippen LogP contribution < -0.4 is 10.6 Å². The van der Waals surface area contributed by atoms with Crippen LogP contribution >= 0.6 is 24.0 Å². The van der Waals surface area contributed by atoms with E-state index >= 15 is 0 Å². The highest BCUT2D eigenvalue weighted by Crippen LogP contribution is 2.19. The highest BCUT2D eigenvalue weighted by atomic mass is 127. The number of aliphatic imine (C=N–C) groups is 1. The van der Waals surface area contributed by atoms with E-state index in [1.54, 1.807) is 0 Å². The predicted octanol–water partition coefficient (Wildman–Crippen LogP) is 1.67. The fourth-order valence-electron chi connectivity index (χ4n) is 2.58. The summed E-state index contributed by atoms with van der Waals surface area (Å²) in [5.41, 5.74) is 0.311. The van der Waals surface area contributed by atoms with Gasteiger partial charge in [0, 0.05) is 26.2 Å². The van der Waals surface area contributed by atoms with E-state index in [4.69, 9.17) is 0 Å². The van der Waals surface area contributed by atoms with Crippen molar-refractivity contribution in [1.82, 2.24) is 15.5 Å².